The minimum absolute atomic E-state index is 0.0295. The van der Waals surface area contributed by atoms with Crippen LogP contribution in [-0.4, -0.2) is 17.6 Å². The number of carbonyl (C=O) groups excluding carboxylic acids is 1. The smallest absolute Gasteiger partial charge is 0.418 e. The Hall–Kier alpha value is -3.19. The molecule has 8 heteroatoms. The summed E-state index contributed by atoms with van der Waals surface area (Å²) in [4.78, 5) is 12.4. The monoisotopic (exact) mass is 435 g/mol. The average molecular weight is 436 g/mol. The topological polar surface area (TPSA) is 58.6 Å². The Balaban J connectivity index is 1.77. The van der Waals surface area contributed by atoms with Crippen LogP contribution in [-0.2, 0) is 12.6 Å². The van der Waals surface area contributed by atoms with Gasteiger partial charge in [0.05, 0.1) is 23.4 Å². The molecular weight excluding hydrogens is 419 g/mol. The van der Waals surface area contributed by atoms with Crippen molar-refractivity contribution in [3.8, 4) is 11.5 Å². The maximum atomic E-state index is 13.5. The van der Waals surface area contributed by atoms with E-state index < -0.39 is 29.1 Å². The van der Waals surface area contributed by atoms with E-state index in [9.17, 15) is 23.1 Å². The molecule has 0 spiro atoms. The molecule has 0 atom stereocenters. The number of nitrogens with one attached hydrogen (secondary N) is 1. The minimum atomic E-state index is -4.72. The molecule has 0 radical (unpaired) electrons. The van der Waals surface area contributed by atoms with Crippen LogP contribution in [0.25, 0.3) is 0 Å². The molecule has 0 aliphatic heterocycles. The number of phenols is 1. The number of benzene rings is 3. The summed E-state index contributed by atoms with van der Waals surface area (Å²) >= 11 is 5.79. The van der Waals surface area contributed by atoms with Gasteiger partial charge in [-0.3, -0.25) is 4.79 Å². The third kappa shape index (κ3) is 5.45. The van der Waals surface area contributed by atoms with Crippen LogP contribution >= 0.6 is 11.6 Å². The normalized spacial score (nSPS) is 11.2. The Morgan fingerprint density at radius 2 is 1.77 bits per heavy atom. The van der Waals surface area contributed by atoms with Crippen LogP contribution in [0.1, 0.15) is 21.5 Å². The predicted molar refractivity (Wildman–Crippen MR) is 108 cm³/mol. The molecule has 0 aliphatic carbocycles. The Morgan fingerprint density at radius 1 is 1.03 bits per heavy atom. The summed E-state index contributed by atoms with van der Waals surface area (Å²) in [5.41, 5.74) is -0.755. The Morgan fingerprint density at radius 3 is 2.47 bits per heavy atom. The first kappa shape index (κ1) is 21.5. The van der Waals surface area contributed by atoms with Crippen molar-refractivity contribution in [2.24, 2.45) is 0 Å². The number of rotatable bonds is 6. The molecule has 0 saturated heterocycles. The fraction of sp³-hybridized carbons (Fsp3) is 0.136. The van der Waals surface area contributed by atoms with E-state index in [2.05, 4.69) is 5.32 Å². The second-order valence-corrected chi connectivity index (χ2v) is 6.84. The first-order chi connectivity index (χ1) is 14.2. The van der Waals surface area contributed by atoms with E-state index in [-0.39, 0.29) is 22.9 Å². The van der Waals surface area contributed by atoms with Crippen molar-refractivity contribution in [3.63, 3.8) is 0 Å². The lowest BCUT2D eigenvalue weighted by atomic mass is 10.1. The molecule has 4 nitrogen and oxygen atoms in total. The zero-order valence-corrected chi connectivity index (χ0v) is 16.3. The van der Waals surface area contributed by atoms with E-state index in [0.717, 1.165) is 17.7 Å². The third-order valence-corrected chi connectivity index (χ3v) is 4.49. The quantitative estimate of drug-likeness (QED) is 0.504. The summed E-state index contributed by atoms with van der Waals surface area (Å²) in [6.07, 6.45) is -4.19. The lowest BCUT2D eigenvalue weighted by Crippen LogP contribution is -2.17. The highest BCUT2D eigenvalue weighted by molar-refractivity contribution is 6.31. The number of ether oxygens (including phenoxy) is 1. The Bertz CT molecular complexity index is 1040. The van der Waals surface area contributed by atoms with Crippen LogP contribution in [0.3, 0.4) is 0 Å². The first-order valence-electron chi connectivity index (χ1n) is 8.92. The van der Waals surface area contributed by atoms with Crippen LogP contribution in [0.5, 0.6) is 11.5 Å². The zero-order valence-electron chi connectivity index (χ0n) is 15.5. The van der Waals surface area contributed by atoms with E-state index in [0.29, 0.717) is 6.42 Å². The predicted octanol–water partition coefficient (Wildman–Crippen LogP) is 5.94. The maximum absolute atomic E-state index is 13.5. The number of carbonyl (C=O) groups is 1. The van der Waals surface area contributed by atoms with Gasteiger partial charge in [0.25, 0.3) is 5.91 Å². The number of hydrogen-bond acceptors (Lipinski definition) is 3. The van der Waals surface area contributed by atoms with Gasteiger partial charge in [0.2, 0.25) is 0 Å². The van der Waals surface area contributed by atoms with Crippen molar-refractivity contribution in [2.45, 2.75) is 12.6 Å². The van der Waals surface area contributed by atoms with E-state index >= 15 is 0 Å². The number of alkyl halides is 3. The zero-order chi connectivity index (χ0) is 21.7. The van der Waals surface area contributed by atoms with E-state index in [1.807, 2.05) is 30.3 Å². The molecule has 3 rings (SSSR count). The molecule has 3 aromatic rings. The van der Waals surface area contributed by atoms with Gasteiger partial charge in [-0.2, -0.15) is 13.2 Å². The number of phenolic OH excluding ortho intramolecular Hbond substituents is 1. The Kier molecular flexibility index (Phi) is 6.52. The fourth-order valence-electron chi connectivity index (χ4n) is 2.77. The van der Waals surface area contributed by atoms with Crippen LogP contribution < -0.4 is 10.1 Å². The molecule has 0 aromatic heterocycles. The van der Waals surface area contributed by atoms with Gasteiger partial charge in [-0.05, 0) is 42.0 Å². The van der Waals surface area contributed by atoms with E-state index in [1.165, 1.54) is 24.3 Å². The van der Waals surface area contributed by atoms with Gasteiger partial charge in [0.15, 0.2) is 0 Å². The van der Waals surface area contributed by atoms with Gasteiger partial charge in [0, 0.05) is 11.4 Å². The van der Waals surface area contributed by atoms with Crippen LogP contribution in [0.15, 0.2) is 66.7 Å². The fourth-order valence-corrected chi connectivity index (χ4v) is 2.94. The standard InChI is InChI=1S/C22H17ClF3NO3/c23-15-6-9-20(28)17(12-15)21(29)27-19-8-7-16(13-18(19)22(24,25)26)30-11-10-14-4-2-1-3-5-14/h1-9,12-13,28H,10-11H2,(H,27,29). The molecule has 0 fully saturated rings. The van der Waals surface area contributed by atoms with Crippen LogP contribution in [0, 0.1) is 0 Å². The second-order valence-electron chi connectivity index (χ2n) is 6.40. The van der Waals surface area contributed by atoms with Gasteiger partial charge in [-0.25, -0.2) is 0 Å². The molecule has 0 bridgehead atoms. The molecule has 1 amide bonds. The first-order valence-corrected chi connectivity index (χ1v) is 9.29. The highest BCUT2D eigenvalue weighted by Crippen LogP contribution is 2.37. The maximum Gasteiger partial charge on any atom is 0.418 e. The van der Waals surface area contributed by atoms with E-state index in [1.54, 1.807) is 0 Å². The van der Waals surface area contributed by atoms with Gasteiger partial charge in [0.1, 0.15) is 11.5 Å². The lowest BCUT2D eigenvalue weighted by Gasteiger charge is -2.16. The van der Waals surface area contributed by atoms with Crippen molar-refractivity contribution in [1.29, 1.82) is 0 Å². The minimum Gasteiger partial charge on any atom is -0.507 e. The average Bonchev–Trinajstić information content (AvgIpc) is 2.70. The summed E-state index contributed by atoms with van der Waals surface area (Å²) < 4.78 is 46.1. The molecule has 156 valence electrons. The van der Waals surface area contributed by atoms with Crippen molar-refractivity contribution in [3.05, 3.63) is 88.4 Å². The molecular formula is C22H17ClF3NO3. The highest BCUT2D eigenvalue weighted by atomic mass is 35.5. The number of amides is 1. The van der Waals surface area contributed by atoms with Crippen molar-refractivity contribution < 1.29 is 27.8 Å². The SMILES string of the molecule is O=C(Nc1ccc(OCCc2ccccc2)cc1C(F)(F)F)c1cc(Cl)ccc1O. The summed E-state index contributed by atoms with van der Waals surface area (Å²) in [5.74, 6) is -1.29. The second kappa shape index (κ2) is 9.09. The van der Waals surface area contributed by atoms with Gasteiger partial charge >= 0.3 is 6.18 Å². The number of halogens is 4. The molecule has 0 unspecified atom stereocenters. The molecule has 30 heavy (non-hydrogen) atoms. The Labute approximate surface area is 175 Å². The van der Waals surface area contributed by atoms with Crippen LogP contribution in [0.2, 0.25) is 5.02 Å². The summed E-state index contributed by atoms with van der Waals surface area (Å²) in [6.45, 7) is 0.198. The van der Waals surface area contributed by atoms with Crippen molar-refractivity contribution >= 4 is 23.2 Å². The summed E-state index contributed by atoms with van der Waals surface area (Å²) in [7, 11) is 0. The molecule has 2 N–H and O–H groups in total. The van der Waals surface area contributed by atoms with Crippen molar-refractivity contribution in [2.75, 3.05) is 11.9 Å². The van der Waals surface area contributed by atoms with Gasteiger partial charge in [-0.15, -0.1) is 0 Å². The molecule has 0 aliphatic rings. The van der Waals surface area contributed by atoms with Gasteiger partial charge < -0.3 is 15.2 Å². The number of anilines is 1. The summed E-state index contributed by atoms with van der Waals surface area (Å²) in [5, 5.41) is 12.1. The van der Waals surface area contributed by atoms with Gasteiger partial charge in [-0.1, -0.05) is 41.9 Å². The third-order valence-electron chi connectivity index (χ3n) is 4.25. The van der Waals surface area contributed by atoms with Crippen LogP contribution in [0.4, 0.5) is 18.9 Å². The number of aromatic hydroxyl groups is 1. The molecule has 0 saturated carbocycles. The largest absolute Gasteiger partial charge is 0.507 e. The summed E-state index contributed by atoms with van der Waals surface area (Å²) in [6, 6.07) is 16.4. The van der Waals surface area contributed by atoms with E-state index in [4.69, 9.17) is 16.3 Å². The molecule has 0 heterocycles. The highest BCUT2D eigenvalue weighted by Gasteiger charge is 2.34. The number of hydrogen-bond donors (Lipinski definition) is 2. The lowest BCUT2D eigenvalue weighted by molar-refractivity contribution is -0.137. The molecule has 3 aromatic carbocycles. The van der Waals surface area contributed by atoms with Crippen molar-refractivity contribution in [1.82, 2.24) is 0 Å².